The first-order valence-corrected chi connectivity index (χ1v) is 8.60. The molecule has 0 atom stereocenters. The van der Waals surface area contributed by atoms with Gasteiger partial charge in [-0.15, -0.1) is 0 Å². The lowest BCUT2D eigenvalue weighted by molar-refractivity contribution is 0.103. The van der Waals surface area contributed by atoms with E-state index in [0.29, 0.717) is 15.2 Å². The molecule has 0 saturated carbocycles. The fourth-order valence-corrected chi connectivity index (χ4v) is 2.71. The first-order valence-electron chi connectivity index (χ1n) is 6.69. The summed E-state index contributed by atoms with van der Waals surface area (Å²) in [5.74, 6) is 0. The van der Waals surface area contributed by atoms with Crippen molar-refractivity contribution >= 4 is 25.7 Å². The van der Waals surface area contributed by atoms with Gasteiger partial charge in [-0.05, 0) is 66.2 Å². The molecule has 1 heterocycles. The predicted octanol–water partition coefficient (Wildman–Crippen LogP) is 4.66. The molecule has 4 heteroatoms. The summed E-state index contributed by atoms with van der Waals surface area (Å²) in [5.41, 5.74) is 1.40. The highest BCUT2D eigenvalue weighted by molar-refractivity contribution is 9.10. The first-order chi connectivity index (χ1) is 8.68. The van der Waals surface area contributed by atoms with E-state index >= 15 is 0 Å². The second-order valence-electron chi connectivity index (χ2n) is 6.71. The van der Waals surface area contributed by atoms with E-state index in [1.165, 1.54) is 0 Å². The highest BCUT2D eigenvalue weighted by Crippen LogP contribution is 2.22. The molecule has 2 radical (unpaired) electrons. The summed E-state index contributed by atoms with van der Waals surface area (Å²) in [6, 6.07) is 5.22. The van der Waals surface area contributed by atoms with Crippen molar-refractivity contribution in [3.63, 3.8) is 0 Å². The van der Waals surface area contributed by atoms with E-state index < -0.39 is 0 Å². The summed E-state index contributed by atoms with van der Waals surface area (Å²) >= 11 is 3.40. The SMILES string of the molecule is CC(C)(C)C[Si]OC(C)(C)CCc1ccc(Br)cn1. The summed E-state index contributed by atoms with van der Waals surface area (Å²) in [6.07, 6.45) is 3.81. The maximum atomic E-state index is 6.04. The van der Waals surface area contributed by atoms with Gasteiger partial charge in [0.15, 0.2) is 0 Å². The number of halogens is 1. The molecule has 0 aliphatic heterocycles. The Hall–Kier alpha value is -0.193. The van der Waals surface area contributed by atoms with E-state index in [1.54, 1.807) is 0 Å². The molecule has 0 spiro atoms. The molecule has 1 aromatic heterocycles. The fourth-order valence-electron chi connectivity index (χ4n) is 1.48. The maximum absolute atomic E-state index is 6.04. The van der Waals surface area contributed by atoms with Crippen LogP contribution in [0.4, 0.5) is 0 Å². The minimum atomic E-state index is -0.0710. The highest BCUT2D eigenvalue weighted by atomic mass is 79.9. The van der Waals surface area contributed by atoms with Gasteiger partial charge in [0.25, 0.3) is 0 Å². The minimum Gasteiger partial charge on any atom is -0.413 e. The van der Waals surface area contributed by atoms with Crippen LogP contribution in [0.1, 0.15) is 46.7 Å². The molecule has 0 N–H and O–H groups in total. The Bertz CT molecular complexity index is 384. The number of hydrogen-bond acceptors (Lipinski definition) is 2. The summed E-state index contributed by atoms with van der Waals surface area (Å²) in [7, 11) is 0.573. The van der Waals surface area contributed by atoms with Gasteiger partial charge in [-0.2, -0.15) is 0 Å². The second kappa shape index (κ2) is 7.00. The third-order valence-electron chi connectivity index (χ3n) is 2.72. The van der Waals surface area contributed by atoms with Crippen molar-refractivity contribution in [2.75, 3.05) is 0 Å². The van der Waals surface area contributed by atoms with Gasteiger partial charge in [-0.3, -0.25) is 4.98 Å². The van der Waals surface area contributed by atoms with E-state index in [0.717, 1.165) is 29.1 Å². The van der Waals surface area contributed by atoms with Crippen molar-refractivity contribution in [2.45, 2.75) is 59.1 Å². The van der Waals surface area contributed by atoms with E-state index in [2.05, 4.69) is 61.6 Å². The molecule has 1 rings (SSSR count). The quantitative estimate of drug-likeness (QED) is 0.702. The largest absolute Gasteiger partial charge is 0.413 e. The molecule has 0 aliphatic carbocycles. The van der Waals surface area contributed by atoms with Gasteiger partial charge in [-0.25, -0.2) is 0 Å². The molecule has 0 fully saturated rings. The lowest BCUT2D eigenvalue weighted by Crippen LogP contribution is -2.28. The fraction of sp³-hybridized carbons (Fsp3) is 0.667. The van der Waals surface area contributed by atoms with Crippen molar-refractivity contribution in [1.82, 2.24) is 4.98 Å². The number of aromatic nitrogens is 1. The lowest BCUT2D eigenvalue weighted by Gasteiger charge is -2.27. The van der Waals surface area contributed by atoms with Gasteiger partial charge >= 0.3 is 0 Å². The number of pyridine rings is 1. The van der Waals surface area contributed by atoms with Crippen LogP contribution in [0.3, 0.4) is 0 Å². The third kappa shape index (κ3) is 7.85. The second-order valence-corrected chi connectivity index (χ2v) is 8.47. The lowest BCUT2D eigenvalue weighted by atomic mass is 10.0. The molecule has 0 saturated heterocycles. The standard InChI is InChI=1S/C15H24BrNOSi/c1-14(2,3)11-19-18-15(4,5)9-8-13-7-6-12(16)10-17-13/h6-7,10H,8-9,11H2,1-5H3. The average Bonchev–Trinajstić information content (AvgIpc) is 2.26. The van der Waals surface area contributed by atoms with Crippen LogP contribution in [0, 0.1) is 5.41 Å². The van der Waals surface area contributed by atoms with Crippen molar-refractivity contribution in [3.8, 4) is 0 Å². The Morgan fingerprint density at radius 3 is 2.42 bits per heavy atom. The number of hydrogen-bond donors (Lipinski definition) is 0. The number of aryl methyl sites for hydroxylation is 1. The summed E-state index contributed by atoms with van der Waals surface area (Å²) in [4.78, 5) is 4.40. The summed E-state index contributed by atoms with van der Waals surface area (Å²) in [6.45, 7) is 11.1. The zero-order chi connectivity index (χ0) is 14.5. The van der Waals surface area contributed by atoms with Crippen LogP contribution < -0.4 is 0 Å². The first kappa shape index (κ1) is 16.9. The number of rotatable bonds is 6. The Kier molecular flexibility index (Phi) is 6.21. The van der Waals surface area contributed by atoms with E-state index in [1.807, 2.05) is 12.3 Å². The highest BCUT2D eigenvalue weighted by Gasteiger charge is 2.20. The van der Waals surface area contributed by atoms with E-state index in [-0.39, 0.29) is 5.60 Å². The van der Waals surface area contributed by atoms with Crippen molar-refractivity contribution in [2.24, 2.45) is 5.41 Å². The van der Waals surface area contributed by atoms with Crippen LogP contribution >= 0.6 is 15.9 Å². The van der Waals surface area contributed by atoms with E-state index in [9.17, 15) is 0 Å². The molecule has 0 aliphatic rings. The molecular formula is C15H24BrNOSi. The zero-order valence-corrected chi connectivity index (χ0v) is 15.2. The molecule has 106 valence electrons. The number of nitrogens with zero attached hydrogens (tertiary/aromatic N) is 1. The molecule has 0 aromatic carbocycles. The minimum absolute atomic E-state index is 0.0710. The third-order valence-corrected chi connectivity index (χ3v) is 5.09. The van der Waals surface area contributed by atoms with E-state index in [4.69, 9.17) is 4.43 Å². The Morgan fingerprint density at radius 1 is 1.21 bits per heavy atom. The van der Waals surface area contributed by atoms with Gasteiger partial charge in [0.1, 0.15) is 0 Å². The van der Waals surface area contributed by atoms with Crippen LogP contribution in [0.15, 0.2) is 22.8 Å². The van der Waals surface area contributed by atoms with Gasteiger partial charge in [-0.1, -0.05) is 20.8 Å². The molecule has 0 unspecified atom stereocenters. The van der Waals surface area contributed by atoms with Crippen molar-refractivity contribution < 1.29 is 4.43 Å². The van der Waals surface area contributed by atoms with Crippen molar-refractivity contribution in [3.05, 3.63) is 28.5 Å². The average molecular weight is 342 g/mol. The van der Waals surface area contributed by atoms with Crippen LogP contribution in [0.2, 0.25) is 6.04 Å². The zero-order valence-electron chi connectivity index (χ0n) is 12.6. The molecule has 2 nitrogen and oxygen atoms in total. The molecule has 0 amide bonds. The molecule has 0 bridgehead atoms. The molecule has 19 heavy (non-hydrogen) atoms. The van der Waals surface area contributed by atoms with Crippen LogP contribution in [-0.2, 0) is 10.8 Å². The topological polar surface area (TPSA) is 22.1 Å². The maximum Gasteiger partial charge on any atom is 0.230 e. The molecular weight excluding hydrogens is 318 g/mol. The predicted molar refractivity (Wildman–Crippen MR) is 85.4 cm³/mol. The monoisotopic (exact) mass is 341 g/mol. The van der Waals surface area contributed by atoms with Gasteiger partial charge in [0.2, 0.25) is 9.76 Å². The van der Waals surface area contributed by atoms with Crippen LogP contribution in [0.25, 0.3) is 0 Å². The van der Waals surface area contributed by atoms with Crippen LogP contribution in [0.5, 0.6) is 0 Å². The Balaban J connectivity index is 2.35. The Morgan fingerprint density at radius 2 is 1.89 bits per heavy atom. The van der Waals surface area contributed by atoms with Crippen LogP contribution in [-0.4, -0.2) is 20.3 Å². The summed E-state index contributed by atoms with van der Waals surface area (Å²) < 4.78 is 7.07. The van der Waals surface area contributed by atoms with Crippen molar-refractivity contribution in [1.29, 1.82) is 0 Å². The smallest absolute Gasteiger partial charge is 0.230 e. The van der Waals surface area contributed by atoms with Gasteiger partial charge in [0.05, 0.1) is 5.60 Å². The van der Waals surface area contributed by atoms with Gasteiger partial charge < -0.3 is 4.43 Å². The molecule has 1 aromatic rings. The Labute approximate surface area is 128 Å². The van der Waals surface area contributed by atoms with Gasteiger partial charge in [0, 0.05) is 16.4 Å². The summed E-state index contributed by atoms with van der Waals surface area (Å²) in [5, 5.41) is 0. The normalized spacial score (nSPS) is 12.7.